The van der Waals surface area contributed by atoms with Crippen molar-refractivity contribution in [1.29, 1.82) is 0 Å². The Bertz CT molecular complexity index is 606. The first-order valence-electron chi connectivity index (χ1n) is 9.11. The summed E-state index contributed by atoms with van der Waals surface area (Å²) in [5.41, 5.74) is 1.16. The molecule has 26 heavy (non-hydrogen) atoms. The molecular weight excluding hydrogens is 353 g/mol. The molecule has 0 radical (unpaired) electrons. The van der Waals surface area contributed by atoms with Crippen LogP contribution in [-0.2, 0) is 20.7 Å². The molecule has 0 saturated carbocycles. The maximum Gasteiger partial charge on any atom is 0.320 e. The first kappa shape index (κ1) is 20.6. The number of amides is 1. The molecule has 6 heteroatoms. The summed E-state index contributed by atoms with van der Waals surface area (Å²) in [6.07, 6.45) is 7.30. The predicted molar refractivity (Wildman–Crippen MR) is 101 cm³/mol. The van der Waals surface area contributed by atoms with Gasteiger partial charge in [-0.2, -0.15) is 0 Å². The number of β-lactam (4-membered cyclic amide) rings is 1. The van der Waals surface area contributed by atoms with Crippen LogP contribution in [0.5, 0.6) is 0 Å². The van der Waals surface area contributed by atoms with E-state index >= 15 is 0 Å². The van der Waals surface area contributed by atoms with E-state index in [-0.39, 0.29) is 35.4 Å². The number of quaternary nitrogens is 1. The van der Waals surface area contributed by atoms with E-state index in [9.17, 15) is 14.0 Å². The van der Waals surface area contributed by atoms with Gasteiger partial charge in [-0.25, -0.2) is 9.18 Å². The van der Waals surface area contributed by atoms with Crippen LogP contribution >= 0.6 is 11.8 Å². The number of hydrogen-bond donors (Lipinski definition) is 1. The minimum Gasteiger partial charge on any atom is -0.461 e. The van der Waals surface area contributed by atoms with E-state index < -0.39 is 0 Å². The van der Waals surface area contributed by atoms with Crippen molar-refractivity contribution in [3.05, 3.63) is 48.3 Å². The molecule has 142 valence electrons. The Morgan fingerprint density at radius 2 is 2.00 bits per heavy atom. The highest BCUT2D eigenvalue weighted by Gasteiger charge is 2.42. The van der Waals surface area contributed by atoms with E-state index in [1.54, 1.807) is 6.08 Å². The summed E-state index contributed by atoms with van der Waals surface area (Å²) in [4.78, 5) is 24.3. The van der Waals surface area contributed by atoms with E-state index in [0.717, 1.165) is 49.1 Å². The molecule has 1 aromatic carbocycles. The van der Waals surface area contributed by atoms with Crippen LogP contribution in [0.25, 0.3) is 0 Å². The minimum atomic E-state index is -0.255. The number of carbonyl (C=O) groups excluding carboxylic acids is 2. The highest BCUT2D eigenvalue weighted by Crippen LogP contribution is 2.15. The molecule has 0 bridgehead atoms. The third-order valence-electron chi connectivity index (χ3n) is 4.46. The lowest BCUT2D eigenvalue weighted by molar-refractivity contribution is -0.860. The Balaban J connectivity index is 1.55. The first-order chi connectivity index (χ1) is 12.6. The Kier molecular flexibility index (Phi) is 8.85. The second-order valence-electron chi connectivity index (χ2n) is 6.46. The van der Waals surface area contributed by atoms with Gasteiger partial charge >= 0.3 is 11.9 Å². The molecule has 0 aliphatic carbocycles. The number of rotatable bonds is 12. The zero-order chi connectivity index (χ0) is 18.8. The lowest BCUT2D eigenvalue weighted by Gasteiger charge is -2.33. The number of aryl methyl sites for hydroxylation is 1. The van der Waals surface area contributed by atoms with Crippen molar-refractivity contribution in [3.63, 3.8) is 0 Å². The summed E-state index contributed by atoms with van der Waals surface area (Å²) < 4.78 is 17.8. The maximum absolute atomic E-state index is 12.8. The first-order valence-corrected chi connectivity index (χ1v) is 10.2. The number of ether oxygens (including phenoxy) is 1. The van der Waals surface area contributed by atoms with Crippen molar-refractivity contribution in [3.8, 4) is 0 Å². The summed E-state index contributed by atoms with van der Waals surface area (Å²) in [7, 11) is 0. The third kappa shape index (κ3) is 6.92. The Labute approximate surface area is 158 Å². The molecule has 1 saturated heterocycles. The van der Waals surface area contributed by atoms with Gasteiger partial charge in [-0.1, -0.05) is 43.0 Å². The molecular formula is C20H27FNO3S+. The Hall–Kier alpha value is -1.66. The summed E-state index contributed by atoms with van der Waals surface area (Å²) >= 11 is 1.50. The second kappa shape index (κ2) is 11.1. The number of esters is 1. The number of hydrogen-bond acceptors (Lipinski definition) is 4. The molecule has 4 nitrogen and oxygen atoms in total. The van der Waals surface area contributed by atoms with E-state index in [2.05, 4.69) is 6.58 Å². The molecule has 1 aliphatic heterocycles. The number of carbonyl (C=O) groups is 2. The molecule has 1 fully saturated rings. The number of halogens is 1. The molecule has 1 aliphatic rings. The van der Waals surface area contributed by atoms with Gasteiger partial charge in [0.25, 0.3) is 0 Å². The quantitative estimate of drug-likeness (QED) is 0.262. The van der Waals surface area contributed by atoms with Gasteiger partial charge in [-0.05, 0) is 43.4 Å². The van der Waals surface area contributed by atoms with Crippen molar-refractivity contribution in [1.82, 2.24) is 0 Å². The molecule has 0 spiro atoms. The Morgan fingerprint density at radius 3 is 2.69 bits per heavy atom. The zero-order valence-electron chi connectivity index (χ0n) is 15.0. The highest BCUT2D eigenvalue weighted by atomic mass is 32.2. The number of unbranched alkanes of at least 4 members (excludes halogenated alkanes) is 3. The van der Waals surface area contributed by atoms with Crippen molar-refractivity contribution in [2.75, 3.05) is 18.9 Å². The van der Waals surface area contributed by atoms with Gasteiger partial charge in [-0.15, -0.1) is 0 Å². The zero-order valence-corrected chi connectivity index (χ0v) is 15.9. The minimum absolute atomic E-state index is 0.179. The topological polar surface area (TPSA) is 47.8 Å². The highest BCUT2D eigenvalue weighted by molar-refractivity contribution is 8.00. The lowest BCUT2D eigenvalue weighted by Crippen LogP contribution is -3.24. The fourth-order valence-corrected chi connectivity index (χ4v) is 4.08. The summed E-state index contributed by atoms with van der Waals surface area (Å²) in [5.74, 6) is 0.0763. The summed E-state index contributed by atoms with van der Waals surface area (Å²) in [5, 5.41) is 0.179. The standard InChI is InChI=1S/C20H26FNO3S/c1-2-13-25-20(24)15-26-19-14-18(23)22(19)12-6-4-3-5-7-16-8-10-17(21)11-9-16/h2,8-11,19H,1,3-7,12-15H2/p+1. The van der Waals surface area contributed by atoms with Gasteiger partial charge in [0, 0.05) is 0 Å². The van der Waals surface area contributed by atoms with Crippen LogP contribution in [0.15, 0.2) is 36.9 Å². The molecule has 1 N–H and O–H groups in total. The van der Waals surface area contributed by atoms with Crippen LogP contribution in [0, 0.1) is 5.82 Å². The summed E-state index contributed by atoms with van der Waals surface area (Å²) in [6, 6.07) is 6.67. The molecule has 1 heterocycles. The molecule has 0 aromatic heterocycles. The van der Waals surface area contributed by atoms with Crippen LogP contribution in [-0.4, -0.2) is 36.2 Å². The van der Waals surface area contributed by atoms with Crippen LogP contribution in [0.2, 0.25) is 0 Å². The SMILES string of the molecule is C=CCOC(=O)CSC1CC(=O)[NH+]1CCCCCCc1ccc(F)cc1. The average Bonchev–Trinajstić information content (AvgIpc) is 2.63. The van der Waals surface area contributed by atoms with Crippen molar-refractivity contribution >= 4 is 23.6 Å². The van der Waals surface area contributed by atoms with E-state index in [0.29, 0.717) is 6.42 Å². The molecule has 2 unspecified atom stereocenters. The van der Waals surface area contributed by atoms with Gasteiger partial charge in [0.1, 0.15) is 18.8 Å². The second-order valence-corrected chi connectivity index (χ2v) is 7.66. The lowest BCUT2D eigenvalue weighted by atomic mass is 10.1. The van der Waals surface area contributed by atoms with Gasteiger partial charge in [0.05, 0.1) is 12.3 Å². The van der Waals surface area contributed by atoms with Crippen molar-refractivity contribution in [2.45, 2.75) is 43.9 Å². The number of thioether (sulfide) groups is 1. The number of likely N-dealkylation sites (tertiary alicyclic amines) is 1. The van der Waals surface area contributed by atoms with E-state index in [4.69, 9.17) is 4.74 Å². The van der Waals surface area contributed by atoms with E-state index in [1.165, 1.54) is 23.9 Å². The van der Waals surface area contributed by atoms with Crippen LogP contribution in [0.4, 0.5) is 4.39 Å². The molecule has 1 aromatic rings. The van der Waals surface area contributed by atoms with Gasteiger partial charge < -0.3 is 4.74 Å². The van der Waals surface area contributed by atoms with Crippen LogP contribution in [0.3, 0.4) is 0 Å². The van der Waals surface area contributed by atoms with Crippen molar-refractivity contribution < 1.29 is 23.6 Å². The monoisotopic (exact) mass is 380 g/mol. The predicted octanol–water partition coefficient (Wildman–Crippen LogP) is 2.53. The molecule has 2 atom stereocenters. The van der Waals surface area contributed by atoms with Crippen LogP contribution < -0.4 is 4.90 Å². The molecule has 1 amide bonds. The van der Waals surface area contributed by atoms with Gasteiger partial charge in [0.15, 0.2) is 5.37 Å². The fraction of sp³-hybridized carbons (Fsp3) is 0.500. The fourth-order valence-electron chi connectivity index (χ4n) is 2.94. The van der Waals surface area contributed by atoms with Gasteiger partial charge in [-0.3, -0.25) is 9.69 Å². The normalized spacial score (nSPS) is 19.0. The van der Waals surface area contributed by atoms with Gasteiger partial charge in [0.2, 0.25) is 0 Å². The summed E-state index contributed by atoms with van der Waals surface area (Å²) in [6.45, 7) is 4.57. The maximum atomic E-state index is 12.8. The van der Waals surface area contributed by atoms with Crippen molar-refractivity contribution in [2.24, 2.45) is 0 Å². The largest absolute Gasteiger partial charge is 0.461 e. The third-order valence-corrected chi connectivity index (χ3v) is 5.71. The number of benzene rings is 1. The van der Waals surface area contributed by atoms with E-state index in [1.807, 2.05) is 12.1 Å². The number of nitrogens with one attached hydrogen (secondary N) is 1. The molecule has 2 rings (SSSR count). The Morgan fingerprint density at radius 1 is 1.27 bits per heavy atom. The van der Waals surface area contributed by atoms with Crippen LogP contribution in [0.1, 0.15) is 37.7 Å². The average molecular weight is 381 g/mol. The smallest absolute Gasteiger partial charge is 0.320 e.